The number of hydrogen-bond acceptors (Lipinski definition) is 3. The number of hydrogen-bond donors (Lipinski definition) is 1. The zero-order valence-corrected chi connectivity index (χ0v) is 12.6. The highest BCUT2D eigenvalue weighted by molar-refractivity contribution is 5.81. The maximum atomic E-state index is 4.49. The van der Waals surface area contributed by atoms with Crippen LogP contribution in [0.5, 0.6) is 0 Å². The average Bonchev–Trinajstić information content (AvgIpc) is 2.51. The van der Waals surface area contributed by atoms with Crippen LogP contribution >= 0.6 is 0 Å². The quantitative estimate of drug-likeness (QED) is 0.748. The number of nitrogens with zero attached hydrogens (tertiary/aromatic N) is 2. The Morgan fingerprint density at radius 2 is 1.90 bits per heavy atom. The fourth-order valence-electron chi connectivity index (χ4n) is 2.50. The van der Waals surface area contributed by atoms with Gasteiger partial charge in [0.15, 0.2) is 0 Å². The molecule has 3 heteroatoms. The summed E-state index contributed by atoms with van der Waals surface area (Å²) in [6.45, 7) is 9.85. The fourth-order valence-corrected chi connectivity index (χ4v) is 2.50. The molecule has 0 amide bonds. The Kier molecular flexibility index (Phi) is 5.96. The lowest BCUT2D eigenvalue weighted by Gasteiger charge is -2.17. The molecule has 0 bridgehead atoms. The number of aromatic nitrogens is 1. The van der Waals surface area contributed by atoms with Crippen molar-refractivity contribution in [2.24, 2.45) is 0 Å². The molecule has 0 atom stereocenters. The lowest BCUT2D eigenvalue weighted by Crippen LogP contribution is -2.27. The maximum Gasteiger partial charge on any atom is 0.0746 e. The zero-order valence-electron chi connectivity index (χ0n) is 12.6. The van der Waals surface area contributed by atoms with Gasteiger partial charge in [0.1, 0.15) is 0 Å². The molecular weight excluding hydrogens is 246 g/mol. The summed E-state index contributed by atoms with van der Waals surface area (Å²) in [6, 6.07) is 10.5. The van der Waals surface area contributed by atoms with Crippen LogP contribution in [0.4, 0.5) is 0 Å². The molecule has 0 spiro atoms. The minimum absolute atomic E-state index is 0.895. The third kappa shape index (κ3) is 4.02. The van der Waals surface area contributed by atoms with Gasteiger partial charge in [-0.25, -0.2) is 0 Å². The monoisotopic (exact) mass is 271 g/mol. The molecule has 1 N–H and O–H groups in total. The second kappa shape index (κ2) is 7.98. The van der Waals surface area contributed by atoms with Gasteiger partial charge in [-0.3, -0.25) is 4.98 Å². The number of fused-ring (bicyclic) bond motifs is 1. The SMILES string of the molecule is CCN(CC)CCCNCc1cccc2cccnc12. The standard InChI is InChI=1S/C17H25N3/c1-3-20(4-2)13-7-11-18-14-16-9-5-8-15-10-6-12-19-17(15)16/h5-6,8-10,12,18H,3-4,7,11,13-14H2,1-2H3. The lowest BCUT2D eigenvalue weighted by atomic mass is 10.1. The van der Waals surface area contributed by atoms with Gasteiger partial charge in [0.25, 0.3) is 0 Å². The van der Waals surface area contributed by atoms with E-state index in [1.165, 1.54) is 23.9 Å². The van der Waals surface area contributed by atoms with E-state index in [2.05, 4.69) is 53.3 Å². The van der Waals surface area contributed by atoms with Gasteiger partial charge in [-0.1, -0.05) is 38.1 Å². The highest BCUT2D eigenvalue weighted by Crippen LogP contribution is 2.15. The Morgan fingerprint density at radius 1 is 1.10 bits per heavy atom. The summed E-state index contributed by atoms with van der Waals surface area (Å²) in [6.07, 6.45) is 3.06. The highest BCUT2D eigenvalue weighted by atomic mass is 15.1. The van der Waals surface area contributed by atoms with Gasteiger partial charge in [0.2, 0.25) is 0 Å². The lowest BCUT2D eigenvalue weighted by molar-refractivity contribution is 0.298. The summed E-state index contributed by atoms with van der Waals surface area (Å²) >= 11 is 0. The summed E-state index contributed by atoms with van der Waals surface area (Å²) in [5.74, 6) is 0. The number of rotatable bonds is 8. The Hall–Kier alpha value is -1.45. The molecule has 0 aliphatic carbocycles. The largest absolute Gasteiger partial charge is 0.313 e. The van der Waals surface area contributed by atoms with Gasteiger partial charge < -0.3 is 10.2 Å². The van der Waals surface area contributed by atoms with Gasteiger partial charge >= 0.3 is 0 Å². The normalized spacial score (nSPS) is 11.3. The summed E-state index contributed by atoms with van der Waals surface area (Å²) in [5, 5.41) is 4.75. The minimum atomic E-state index is 0.895. The minimum Gasteiger partial charge on any atom is -0.313 e. The first-order valence-electron chi connectivity index (χ1n) is 7.60. The van der Waals surface area contributed by atoms with E-state index in [0.29, 0.717) is 0 Å². The molecule has 3 nitrogen and oxygen atoms in total. The fraction of sp³-hybridized carbons (Fsp3) is 0.471. The van der Waals surface area contributed by atoms with Gasteiger partial charge in [-0.2, -0.15) is 0 Å². The molecule has 1 aromatic carbocycles. The van der Waals surface area contributed by atoms with Gasteiger partial charge in [-0.15, -0.1) is 0 Å². The molecule has 2 aromatic rings. The van der Waals surface area contributed by atoms with Crippen LogP contribution in [0.2, 0.25) is 0 Å². The summed E-state index contributed by atoms with van der Waals surface area (Å²) < 4.78 is 0. The van der Waals surface area contributed by atoms with E-state index in [-0.39, 0.29) is 0 Å². The maximum absolute atomic E-state index is 4.49. The number of pyridine rings is 1. The molecule has 0 saturated carbocycles. The van der Waals surface area contributed by atoms with E-state index < -0.39 is 0 Å². The Balaban J connectivity index is 1.81. The van der Waals surface area contributed by atoms with Crippen molar-refractivity contribution in [3.8, 4) is 0 Å². The van der Waals surface area contributed by atoms with Crippen molar-refractivity contribution in [1.29, 1.82) is 0 Å². The molecule has 0 aliphatic rings. The first-order valence-corrected chi connectivity index (χ1v) is 7.60. The molecule has 20 heavy (non-hydrogen) atoms. The van der Waals surface area contributed by atoms with E-state index in [1.807, 2.05) is 12.3 Å². The Morgan fingerprint density at radius 3 is 2.70 bits per heavy atom. The first-order chi connectivity index (χ1) is 9.85. The van der Waals surface area contributed by atoms with Crippen LogP contribution < -0.4 is 5.32 Å². The van der Waals surface area contributed by atoms with Crippen LogP contribution in [0.15, 0.2) is 36.5 Å². The van der Waals surface area contributed by atoms with Crippen molar-refractivity contribution in [2.45, 2.75) is 26.8 Å². The van der Waals surface area contributed by atoms with Crippen molar-refractivity contribution in [3.63, 3.8) is 0 Å². The number of para-hydroxylation sites is 1. The van der Waals surface area contributed by atoms with E-state index in [0.717, 1.165) is 31.7 Å². The molecule has 0 aliphatic heterocycles. The Bertz CT molecular complexity index is 515. The predicted molar refractivity (Wildman–Crippen MR) is 85.9 cm³/mol. The van der Waals surface area contributed by atoms with Crippen molar-refractivity contribution in [1.82, 2.24) is 15.2 Å². The molecule has 108 valence electrons. The molecule has 1 heterocycles. The second-order valence-corrected chi connectivity index (χ2v) is 5.05. The van der Waals surface area contributed by atoms with Crippen LogP contribution in [-0.2, 0) is 6.54 Å². The molecule has 0 unspecified atom stereocenters. The first kappa shape index (κ1) is 14.9. The second-order valence-electron chi connectivity index (χ2n) is 5.05. The molecule has 0 saturated heterocycles. The van der Waals surface area contributed by atoms with Gasteiger partial charge in [0.05, 0.1) is 5.52 Å². The molecule has 0 radical (unpaired) electrons. The third-order valence-electron chi connectivity index (χ3n) is 3.75. The van der Waals surface area contributed by atoms with Crippen molar-refractivity contribution >= 4 is 10.9 Å². The van der Waals surface area contributed by atoms with E-state index in [1.54, 1.807) is 0 Å². The zero-order chi connectivity index (χ0) is 14.2. The molecular formula is C17H25N3. The number of nitrogens with one attached hydrogen (secondary N) is 1. The van der Waals surface area contributed by atoms with E-state index in [4.69, 9.17) is 0 Å². The van der Waals surface area contributed by atoms with E-state index >= 15 is 0 Å². The predicted octanol–water partition coefficient (Wildman–Crippen LogP) is 3.06. The summed E-state index contributed by atoms with van der Waals surface area (Å²) in [5.41, 5.74) is 2.40. The highest BCUT2D eigenvalue weighted by Gasteiger charge is 2.01. The van der Waals surface area contributed by atoms with Crippen molar-refractivity contribution in [3.05, 3.63) is 42.1 Å². The summed E-state index contributed by atoms with van der Waals surface area (Å²) in [4.78, 5) is 6.95. The van der Waals surface area contributed by atoms with Crippen LogP contribution in [-0.4, -0.2) is 36.1 Å². The molecule has 1 aromatic heterocycles. The van der Waals surface area contributed by atoms with Crippen molar-refractivity contribution in [2.75, 3.05) is 26.2 Å². The number of benzene rings is 1. The van der Waals surface area contributed by atoms with Gasteiger partial charge in [-0.05, 0) is 44.2 Å². The van der Waals surface area contributed by atoms with E-state index in [9.17, 15) is 0 Å². The topological polar surface area (TPSA) is 28.2 Å². The molecule has 0 fully saturated rings. The van der Waals surface area contributed by atoms with Gasteiger partial charge in [0, 0.05) is 18.1 Å². The van der Waals surface area contributed by atoms with Crippen LogP contribution in [0.1, 0.15) is 25.8 Å². The average molecular weight is 271 g/mol. The third-order valence-corrected chi connectivity index (χ3v) is 3.75. The van der Waals surface area contributed by atoms with Crippen LogP contribution in [0.3, 0.4) is 0 Å². The molecule has 2 rings (SSSR count). The van der Waals surface area contributed by atoms with Crippen LogP contribution in [0.25, 0.3) is 10.9 Å². The van der Waals surface area contributed by atoms with Crippen molar-refractivity contribution < 1.29 is 0 Å². The Labute approximate surface area is 122 Å². The van der Waals surface area contributed by atoms with Crippen LogP contribution in [0, 0.1) is 0 Å². The summed E-state index contributed by atoms with van der Waals surface area (Å²) in [7, 11) is 0. The smallest absolute Gasteiger partial charge is 0.0746 e.